The van der Waals surface area contributed by atoms with Crippen LogP contribution in [-0.2, 0) is 9.53 Å². The van der Waals surface area contributed by atoms with Crippen LogP contribution in [-0.4, -0.2) is 19.1 Å². The third-order valence-electron chi connectivity index (χ3n) is 2.23. The van der Waals surface area contributed by atoms with E-state index in [9.17, 15) is 4.79 Å². The molecule has 0 saturated carbocycles. The highest BCUT2D eigenvalue weighted by Gasteiger charge is 2.10. The Labute approximate surface area is 100 Å². The number of hydrogen-bond acceptors (Lipinski definition) is 4. The molecule has 1 unspecified atom stereocenters. The second-order valence-electron chi connectivity index (χ2n) is 3.48. The highest BCUT2D eigenvalue weighted by molar-refractivity contribution is 7.07. The summed E-state index contributed by atoms with van der Waals surface area (Å²) in [4.78, 5) is 11.3. The van der Waals surface area contributed by atoms with Gasteiger partial charge >= 0.3 is 5.97 Å². The molecule has 1 N–H and O–H groups in total. The van der Waals surface area contributed by atoms with Crippen molar-refractivity contribution in [2.24, 2.45) is 0 Å². The maximum atomic E-state index is 11.3. The monoisotopic (exact) mass is 239 g/mol. The van der Waals surface area contributed by atoms with Gasteiger partial charge in [-0.1, -0.05) is 6.58 Å². The van der Waals surface area contributed by atoms with E-state index < -0.39 is 0 Å². The lowest BCUT2D eigenvalue weighted by molar-refractivity contribution is -0.138. The van der Waals surface area contributed by atoms with E-state index in [0.29, 0.717) is 18.7 Å². The molecule has 1 atom stereocenters. The fourth-order valence-corrected chi connectivity index (χ4v) is 1.97. The van der Waals surface area contributed by atoms with Gasteiger partial charge in [-0.3, -0.25) is 0 Å². The van der Waals surface area contributed by atoms with Crippen LogP contribution in [0.5, 0.6) is 0 Å². The molecule has 0 fully saturated rings. The normalized spacial score (nSPS) is 12.1. The zero-order valence-corrected chi connectivity index (χ0v) is 10.5. The Morgan fingerprint density at radius 2 is 2.44 bits per heavy atom. The molecule has 0 aromatic carbocycles. The molecular weight excluding hydrogens is 222 g/mol. The Kier molecular flexibility index (Phi) is 5.22. The molecule has 16 heavy (non-hydrogen) atoms. The Hall–Kier alpha value is -1.13. The molecule has 0 bridgehead atoms. The number of hydrogen-bond donors (Lipinski definition) is 1. The predicted octanol–water partition coefficient (Wildman–Crippen LogP) is 2.52. The summed E-state index contributed by atoms with van der Waals surface area (Å²) in [6.45, 7) is 8.37. The lowest BCUT2D eigenvalue weighted by Gasteiger charge is -2.13. The lowest BCUT2D eigenvalue weighted by atomic mass is 10.2. The zero-order valence-electron chi connectivity index (χ0n) is 9.66. The minimum Gasteiger partial charge on any atom is -0.463 e. The van der Waals surface area contributed by atoms with Crippen LogP contribution in [0.2, 0.25) is 0 Å². The molecule has 1 rings (SSSR count). The highest BCUT2D eigenvalue weighted by atomic mass is 32.1. The van der Waals surface area contributed by atoms with Crippen molar-refractivity contribution < 1.29 is 9.53 Å². The van der Waals surface area contributed by atoms with Crippen molar-refractivity contribution in [3.63, 3.8) is 0 Å². The van der Waals surface area contributed by atoms with Crippen LogP contribution in [0, 0.1) is 0 Å². The average molecular weight is 239 g/mol. The van der Waals surface area contributed by atoms with Crippen molar-refractivity contribution >= 4 is 17.3 Å². The Morgan fingerprint density at radius 3 is 3.00 bits per heavy atom. The number of carbonyl (C=O) groups excluding carboxylic acids is 1. The van der Waals surface area contributed by atoms with E-state index in [4.69, 9.17) is 4.74 Å². The summed E-state index contributed by atoms with van der Waals surface area (Å²) >= 11 is 1.66. The first kappa shape index (κ1) is 12.9. The maximum Gasteiger partial charge on any atom is 0.334 e. The number of carbonyl (C=O) groups is 1. The van der Waals surface area contributed by atoms with Crippen LogP contribution in [0.25, 0.3) is 0 Å². The van der Waals surface area contributed by atoms with Gasteiger partial charge in [-0.15, -0.1) is 0 Å². The minimum atomic E-state index is -0.326. The van der Waals surface area contributed by atoms with Gasteiger partial charge in [-0.2, -0.15) is 11.3 Å². The van der Waals surface area contributed by atoms with Crippen molar-refractivity contribution in [3.8, 4) is 0 Å². The SMILES string of the molecule is C=C(CNC(C)c1ccsc1)C(=O)OCC. The molecule has 1 aromatic rings. The number of esters is 1. The van der Waals surface area contributed by atoms with Gasteiger partial charge in [0.1, 0.15) is 0 Å². The third kappa shape index (κ3) is 3.79. The number of thiophene rings is 1. The van der Waals surface area contributed by atoms with Gasteiger partial charge in [-0.05, 0) is 36.2 Å². The second kappa shape index (κ2) is 6.45. The zero-order chi connectivity index (χ0) is 12.0. The molecule has 0 aliphatic carbocycles. The molecule has 3 nitrogen and oxygen atoms in total. The van der Waals surface area contributed by atoms with Crippen LogP contribution in [0.15, 0.2) is 29.0 Å². The van der Waals surface area contributed by atoms with Crippen LogP contribution in [0.3, 0.4) is 0 Å². The first-order valence-electron chi connectivity index (χ1n) is 5.25. The summed E-state index contributed by atoms with van der Waals surface area (Å²) in [5, 5.41) is 7.35. The number of ether oxygens (including phenoxy) is 1. The van der Waals surface area contributed by atoms with Gasteiger partial charge in [0.2, 0.25) is 0 Å². The summed E-state index contributed by atoms with van der Waals surface area (Å²) in [6.07, 6.45) is 0. The fraction of sp³-hybridized carbons (Fsp3) is 0.417. The number of nitrogens with one attached hydrogen (secondary N) is 1. The summed E-state index contributed by atoms with van der Waals surface area (Å²) in [7, 11) is 0. The van der Waals surface area contributed by atoms with Gasteiger partial charge in [0.25, 0.3) is 0 Å². The van der Waals surface area contributed by atoms with Crippen molar-refractivity contribution in [2.45, 2.75) is 19.9 Å². The van der Waals surface area contributed by atoms with E-state index in [1.807, 2.05) is 5.38 Å². The molecule has 0 radical (unpaired) electrons. The van der Waals surface area contributed by atoms with Crippen molar-refractivity contribution in [1.82, 2.24) is 5.32 Å². The van der Waals surface area contributed by atoms with Gasteiger partial charge in [0, 0.05) is 18.2 Å². The molecular formula is C12H17NO2S. The quantitative estimate of drug-likeness (QED) is 0.612. The van der Waals surface area contributed by atoms with Crippen LogP contribution in [0.4, 0.5) is 0 Å². The predicted molar refractivity (Wildman–Crippen MR) is 66.5 cm³/mol. The maximum absolute atomic E-state index is 11.3. The lowest BCUT2D eigenvalue weighted by Crippen LogP contribution is -2.24. The van der Waals surface area contributed by atoms with Crippen molar-refractivity contribution in [1.29, 1.82) is 0 Å². The molecule has 1 heterocycles. The third-order valence-corrected chi connectivity index (χ3v) is 2.93. The van der Waals surface area contributed by atoms with Crippen LogP contribution in [0.1, 0.15) is 25.5 Å². The van der Waals surface area contributed by atoms with Crippen molar-refractivity contribution in [2.75, 3.05) is 13.2 Å². The van der Waals surface area contributed by atoms with E-state index in [2.05, 4.69) is 30.3 Å². The van der Waals surface area contributed by atoms with Gasteiger partial charge in [-0.25, -0.2) is 4.79 Å². The van der Waals surface area contributed by atoms with Gasteiger partial charge in [0.15, 0.2) is 0 Å². The second-order valence-corrected chi connectivity index (χ2v) is 4.26. The van der Waals surface area contributed by atoms with E-state index in [0.717, 1.165) is 0 Å². The summed E-state index contributed by atoms with van der Waals surface area (Å²) in [5.41, 5.74) is 1.69. The first-order valence-corrected chi connectivity index (χ1v) is 6.19. The van der Waals surface area contributed by atoms with E-state index in [1.165, 1.54) is 5.56 Å². The molecule has 88 valence electrons. The first-order chi connectivity index (χ1) is 7.65. The molecule has 1 aromatic heterocycles. The smallest absolute Gasteiger partial charge is 0.334 e. The molecule has 4 heteroatoms. The van der Waals surface area contributed by atoms with Crippen molar-refractivity contribution in [3.05, 3.63) is 34.5 Å². The van der Waals surface area contributed by atoms with E-state index in [-0.39, 0.29) is 12.0 Å². The average Bonchev–Trinajstić information content (AvgIpc) is 2.79. The van der Waals surface area contributed by atoms with E-state index >= 15 is 0 Å². The number of rotatable bonds is 6. The fourth-order valence-electron chi connectivity index (χ4n) is 1.22. The van der Waals surface area contributed by atoms with Gasteiger partial charge in [0.05, 0.1) is 6.61 Å². The Bertz CT molecular complexity index is 346. The summed E-state index contributed by atoms with van der Waals surface area (Å²) in [5.74, 6) is -0.326. The standard InChI is InChI=1S/C12H17NO2S/c1-4-15-12(14)9(2)7-13-10(3)11-5-6-16-8-11/h5-6,8,10,13H,2,4,7H2,1,3H3. The minimum absolute atomic E-state index is 0.220. The van der Waals surface area contributed by atoms with Crippen LogP contribution < -0.4 is 5.32 Å². The Morgan fingerprint density at radius 1 is 1.69 bits per heavy atom. The highest BCUT2D eigenvalue weighted by Crippen LogP contribution is 2.15. The topological polar surface area (TPSA) is 38.3 Å². The molecule has 0 saturated heterocycles. The summed E-state index contributed by atoms with van der Waals surface area (Å²) < 4.78 is 4.85. The Balaban J connectivity index is 2.34. The van der Waals surface area contributed by atoms with Crippen LogP contribution >= 0.6 is 11.3 Å². The molecule has 0 aliphatic heterocycles. The largest absolute Gasteiger partial charge is 0.463 e. The van der Waals surface area contributed by atoms with Gasteiger partial charge < -0.3 is 10.1 Å². The molecule has 0 spiro atoms. The summed E-state index contributed by atoms with van der Waals surface area (Å²) in [6, 6.07) is 2.28. The van der Waals surface area contributed by atoms with E-state index in [1.54, 1.807) is 18.3 Å². The molecule has 0 amide bonds. The molecule has 0 aliphatic rings.